The van der Waals surface area contributed by atoms with E-state index in [1.54, 1.807) is 19.1 Å². The number of fused-ring (bicyclic) bond motifs is 3. The fraction of sp³-hybridized carbons (Fsp3) is 0.393. The van der Waals surface area contributed by atoms with Gasteiger partial charge in [0.2, 0.25) is 0 Å². The Morgan fingerprint density at radius 3 is 2.00 bits per heavy atom. The topological polar surface area (TPSA) is 63.7 Å². The number of imide groups is 1. The zero-order valence-corrected chi connectivity index (χ0v) is 19.6. The van der Waals surface area contributed by atoms with Crippen LogP contribution in [0, 0.1) is 5.92 Å². The Bertz CT molecular complexity index is 1140. The van der Waals surface area contributed by atoms with Gasteiger partial charge in [0.15, 0.2) is 0 Å². The van der Waals surface area contributed by atoms with Crippen molar-refractivity contribution in [1.29, 1.82) is 0 Å². The predicted octanol–water partition coefficient (Wildman–Crippen LogP) is 6.13. The molecule has 172 valence electrons. The van der Waals surface area contributed by atoms with E-state index in [4.69, 9.17) is 4.74 Å². The lowest BCUT2D eigenvalue weighted by atomic mass is 9.99. The number of hydrogen-bond donors (Lipinski definition) is 0. The molecule has 0 aliphatic carbocycles. The Balaban J connectivity index is 1.44. The van der Waals surface area contributed by atoms with Gasteiger partial charge in [-0.05, 0) is 65.1 Å². The molecule has 5 heteroatoms. The van der Waals surface area contributed by atoms with Crippen LogP contribution in [-0.4, -0.2) is 35.3 Å². The molecule has 1 heterocycles. The maximum Gasteiger partial charge on any atom is 0.305 e. The van der Waals surface area contributed by atoms with Gasteiger partial charge in [-0.2, -0.15) is 0 Å². The van der Waals surface area contributed by atoms with Crippen LogP contribution in [0.5, 0.6) is 0 Å². The molecule has 0 unspecified atom stereocenters. The lowest BCUT2D eigenvalue weighted by Gasteiger charge is -2.22. The van der Waals surface area contributed by atoms with E-state index < -0.39 is 6.04 Å². The predicted molar refractivity (Wildman–Crippen MR) is 130 cm³/mol. The number of ether oxygens (including phenoxy) is 1. The van der Waals surface area contributed by atoms with Gasteiger partial charge in [-0.3, -0.25) is 19.3 Å². The highest BCUT2D eigenvalue weighted by Crippen LogP contribution is 2.31. The Morgan fingerprint density at radius 2 is 1.45 bits per heavy atom. The lowest BCUT2D eigenvalue weighted by Crippen LogP contribution is -2.41. The number of carbonyl (C=O) groups is 3. The van der Waals surface area contributed by atoms with Crippen molar-refractivity contribution >= 4 is 39.3 Å². The first-order chi connectivity index (χ1) is 15.9. The molecule has 0 spiro atoms. The minimum Gasteiger partial charge on any atom is -0.463 e. The monoisotopic (exact) mass is 445 g/mol. The van der Waals surface area contributed by atoms with Crippen molar-refractivity contribution in [2.75, 3.05) is 6.61 Å². The van der Waals surface area contributed by atoms with Crippen LogP contribution < -0.4 is 0 Å². The molecule has 0 radical (unpaired) electrons. The Labute approximate surface area is 194 Å². The molecule has 0 aromatic heterocycles. The number of carbonyl (C=O) groups excluding carboxylic acids is 3. The average molecular weight is 446 g/mol. The van der Waals surface area contributed by atoms with E-state index in [0.29, 0.717) is 23.5 Å². The highest BCUT2D eigenvalue weighted by molar-refractivity contribution is 6.23. The van der Waals surface area contributed by atoms with E-state index >= 15 is 0 Å². The second-order valence-corrected chi connectivity index (χ2v) is 9.24. The van der Waals surface area contributed by atoms with Crippen molar-refractivity contribution < 1.29 is 19.1 Å². The summed E-state index contributed by atoms with van der Waals surface area (Å²) in [5, 5.41) is 4.02. The highest BCUT2D eigenvalue weighted by atomic mass is 16.5. The highest BCUT2D eigenvalue weighted by Gasteiger charge is 2.39. The molecule has 1 aliphatic rings. The van der Waals surface area contributed by atoms with E-state index in [1.165, 1.54) is 4.90 Å². The van der Waals surface area contributed by atoms with Crippen molar-refractivity contribution in [3.63, 3.8) is 0 Å². The Kier molecular flexibility index (Phi) is 6.77. The summed E-state index contributed by atoms with van der Waals surface area (Å²) in [5.41, 5.74) is 0.816. The molecule has 1 aliphatic heterocycles. The maximum absolute atomic E-state index is 13.1. The summed E-state index contributed by atoms with van der Waals surface area (Å²) in [7, 11) is 0. The minimum atomic E-state index is -0.527. The van der Waals surface area contributed by atoms with Crippen LogP contribution in [0.25, 0.3) is 21.5 Å². The number of nitrogens with zero attached hydrogens (tertiary/aromatic N) is 1. The van der Waals surface area contributed by atoms with Crippen LogP contribution in [0.3, 0.4) is 0 Å². The SMILES string of the molecule is CCCC[C@H](C)CCC(=O)OC[C@H](C)N1C(=O)c2cc3cc4ccccc4cc3cc2C1=O. The molecule has 0 saturated heterocycles. The van der Waals surface area contributed by atoms with E-state index in [0.717, 1.165) is 47.2 Å². The van der Waals surface area contributed by atoms with E-state index in [2.05, 4.69) is 13.8 Å². The molecule has 4 rings (SSSR count). The zero-order valence-electron chi connectivity index (χ0n) is 19.6. The van der Waals surface area contributed by atoms with Crippen molar-refractivity contribution in [3.05, 3.63) is 59.7 Å². The van der Waals surface area contributed by atoms with Crippen molar-refractivity contribution in [2.45, 2.75) is 58.9 Å². The number of benzene rings is 3. The molecule has 3 aromatic rings. The minimum absolute atomic E-state index is 0.0110. The fourth-order valence-corrected chi connectivity index (χ4v) is 4.52. The van der Waals surface area contributed by atoms with Crippen LogP contribution >= 0.6 is 0 Å². The van der Waals surface area contributed by atoms with Crippen molar-refractivity contribution in [1.82, 2.24) is 4.90 Å². The van der Waals surface area contributed by atoms with Crippen LogP contribution in [0.1, 0.15) is 73.6 Å². The van der Waals surface area contributed by atoms with E-state index in [9.17, 15) is 14.4 Å². The molecule has 33 heavy (non-hydrogen) atoms. The third kappa shape index (κ3) is 4.77. The molecule has 2 atom stereocenters. The largest absolute Gasteiger partial charge is 0.463 e. The molecule has 3 aromatic carbocycles. The van der Waals surface area contributed by atoms with E-state index in [-0.39, 0.29) is 24.4 Å². The lowest BCUT2D eigenvalue weighted by molar-refractivity contribution is -0.145. The molecule has 5 nitrogen and oxygen atoms in total. The molecule has 0 saturated carbocycles. The van der Waals surface area contributed by atoms with Gasteiger partial charge in [-0.25, -0.2) is 0 Å². The van der Waals surface area contributed by atoms with Gasteiger partial charge in [-0.1, -0.05) is 57.4 Å². The zero-order chi connectivity index (χ0) is 23.5. The number of esters is 1. The fourth-order valence-electron chi connectivity index (χ4n) is 4.52. The summed E-state index contributed by atoms with van der Waals surface area (Å²) >= 11 is 0. The summed E-state index contributed by atoms with van der Waals surface area (Å²) in [6.07, 6.45) is 4.58. The number of amides is 2. The first kappa shape index (κ1) is 23.0. The number of unbranched alkanes of at least 4 members (excludes halogenated alkanes) is 1. The van der Waals surface area contributed by atoms with Gasteiger partial charge >= 0.3 is 5.97 Å². The summed E-state index contributed by atoms with van der Waals surface area (Å²) in [6.45, 7) is 6.06. The number of rotatable bonds is 9. The molecule has 0 bridgehead atoms. The first-order valence-corrected chi connectivity index (χ1v) is 11.9. The first-order valence-electron chi connectivity index (χ1n) is 11.9. The molecule has 0 N–H and O–H groups in total. The van der Waals surface area contributed by atoms with Gasteiger partial charge in [0.25, 0.3) is 11.8 Å². The van der Waals surface area contributed by atoms with Crippen LogP contribution in [-0.2, 0) is 9.53 Å². The smallest absolute Gasteiger partial charge is 0.305 e. The Morgan fingerprint density at radius 1 is 0.879 bits per heavy atom. The molecular formula is C28H31NO4. The summed E-state index contributed by atoms with van der Waals surface area (Å²) in [6, 6.07) is 15.2. The quantitative estimate of drug-likeness (QED) is 0.226. The van der Waals surface area contributed by atoms with Crippen molar-refractivity contribution in [3.8, 4) is 0 Å². The number of hydrogen-bond acceptors (Lipinski definition) is 4. The summed E-state index contributed by atoms with van der Waals surface area (Å²) in [4.78, 5) is 39.6. The van der Waals surface area contributed by atoms with Gasteiger partial charge in [-0.15, -0.1) is 0 Å². The summed E-state index contributed by atoms with van der Waals surface area (Å²) < 4.78 is 5.41. The summed E-state index contributed by atoms with van der Waals surface area (Å²) in [5.74, 6) is -0.459. The van der Waals surface area contributed by atoms with Crippen LogP contribution in [0.2, 0.25) is 0 Å². The van der Waals surface area contributed by atoms with Gasteiger partial charge in [0, 0.05) is 6.42 Å². The van der Waals surface area contributed by atoms with Gasteiger partial charge in [0.1, 0.15) is 6.61 Å². The molecular weight excluding hydrogens is 414 g/mol. The van der Waals surface area contributed by atoms with Crippen LogP contribution in [0.15, 0.2) is 48.5 Å². The van der Waals surface area contributed by atoms with E-state index in [1.807, 2.05) is 36.4 Å². The van der Waals surface area contributed by atoms with Gasteiger partial charge in [0.05, 0.1) is 17.2 Å². The third-order valence-corrected chi connectivity index (χ3v) is 6.56. The normalized spacial score (nSPS) is 15.2. The van der Waals surface area contributed by atoms with Crippen molar-refractivity contribution in [2.24, 2.45) is 5.92 Å². The average Bonchev–Trinajstić information content (AvgIpc) is 3.06. The molecule has 0 fully saturated rings. The molecule has 2 amide bonds. The second-order valence-electron chi connectivity index (χ2n) is 9.24. The van der Waals surface area contributed by atoms with Crippen LogP contribution in [0.4, 0.5) is 0 Å². The third-order valence-electron chi connectivity index (χ3n) is 6.56. The Hall–Kier alpha value is -3.21. The second kappa shape index (κ2) is 9.74. The standard InChI is InChI=1S/C28H31NO4/c1-4-5-8-18(2)11-12-26(30)33-17-19(3)29-27(31)24-15-22-13-20-9-6-7-10-21(20)14-23(22)16-25(24)28(29)32/h6-7,9-10,13-16,18-19H,4-5,8,11-12,17H2,1-3H3/t18-,19-/m0/s1. The maximum atomic E-state index is 13.1. The van der Waals surface area contributed by atoms with Gasteiger partial charge < -0.3 is 4.74 Å².